The number of nitrogens with zero attached hydrogens (tertiary/aromatic N) is 3. The average Bonchev–Trinajstić information content (AvgIpc) is 3.54. The van der Waals surface area contributed by atoms with E-state index in [1.54, 1.807) is 0 Å². The van der Waals surface area contributed by atoms with Gasteiger partial charge in [-0.1, -0.05) is 167 Å². The summed E-state index contributed by atoms with van der Waals surface area (Å²) in [6.07, 6.45) is 0. The van der Waals surface area contributed by atoms with Gasteiger partial charge in [0.1, 0.15) is 11.5 Å². The third kappa shape index (κ3) is 5.24. The number of hydrogen-bond donors (Lipinski definition) is 0. The Hall–Kier alpha value is -6.65. The van der Waals surface area contributed by atoms with E-state index in [9.17, 15) is 0 Å². The molecule has 0 unspecified atom stereocenters. The van der Waals surface area contributed by atoms with E-state index >= 15 is 0 Å². The highest BCUT2D eigenvalue weighted by molar-refractivity contribution is 5.90. The summed E-state index contributed by atoms with van der Waals surface area (Å²) in [6, 6.07) is 58.2. The van der Waals surface area contributed by atoms with E-state index < -0.39 is 5.41 Å². The molecule has 56 heavy (non-hydrogen) atoms. The zero-order valence-electron chi connectivity index (χ0n) is 32.0. The Labute approximate surface area is 328 Å². The van der Waals surface area contributed by atoms with Gasteiger partial charge in [0.15, 0.2) is 5.82 Å². The van der Waals surface area contributed by atoms with Gasteiger partial charge in [-0.2, -0.15) is 0 Å². The number of para-hydroxylation sites is 2. The Balaban J connectivity index is 1.16. The predicted molar refractivity (Wildman–Crippen MR) is 227 cm³/mol. The minimum absolute atomic E-state index is 0.303. The summed E-state index contributed by atoms with van der Waals surface area (Å²) in [5.41, 5.74) is 15.8. The maximum absolute atomic E-state index is 7.00. The van der Waals surface area contributed by atoms with Crippen LogP contribution < -0.4 is 4.74 Å². The molecule has 0 amide bonds. The lowest BCUT2D eigenvalue weighted by atomic mass is 9.66. The van der Waals surface area contributed by atoms with Gasteiger partial charge < -0.3 is 4.74 Å². The normalized spacial score (nSPS) is 13.2. The van der Waals surface area contributed by atoms with Crippen LogP contribution in [-0.2, 0) is 5.41 Å². The van der Waals surface area contributed by atoms with Crippen molar-refractivity contribution >= 4 is 0 Å². The molecule has 1 spiro atoms. The first kappa shape index (κ1) is 33.9. The van der Waals surface area contributed by atoms with Crippen molar-refractivity contribution in [3.8, 4) is 67.7 Å². The minimum Gasteiger partial charge on any atom is -0.456 e. The largest absolute Gasteiger partial charge is 0.456 e. The van der Waals surface area contributed by atoms with Crippen molar-refractivity contribution in [1.29, 1.82) is 0 Å². The molecule has 0 N–H and O–H groups in total. The molecule has 1 aliphatic heterocycles. The molecular formula is C52H41N3O. The number of hydrogen-bond acceptors (Lipinski definition) is 4. The van der Waals surface area contributed by atoms with Crippen molar-refractivity contribution in [2.45, 2.75) is 44.9 Å². The number of benzene rings is 6. The highest BCUT2D eigenvalue weighted by Crippen LogP contribution is 2.63. The second kappa shape index (κ2) is 13.3. The summed E-state index contributed by atoms with van der Waals surface area (Å²) in [4.78, 5) is 15.7. The topological polar surface area (TPSA) is 47.9 Å². The molecule has 10 rings (SSSR count). The summed E-state index contributed by atoms with van der Waals surface area (Å²) >= 11 is 0. The van der Waals surface area contributed by atoms with Gasteiger partial charge in [-0.25, -0.2) is 9.97 Å². The van der Waals surface area contributed by atoms with Crippen LogP contribution in [0.3, 0.4) is 0 Å². The fourth-order valence-electron chi connectivity index (χ4n) is 8.84. The second-order valence-corrected chi connectivity index (χ2v) is 15.5. The van der Waals surface area contributed by atoms with E-state index in [0.29, 0.717) is 17.7 Å². The molecule has 0 fully saturated rings. The molecule has 2 aromatic heterocycles. The Bertz CT molecular complexity index is 2740. The minimum atomic E-state index is -0.569. The van der Waals surface area contributed by atoms with Crippen molar-refractivity contribution in [3.05, 3.63) is 197 Å². The molecule has 0 saturated heterocycles. The van der Waals surface area contributed by atoms with Crippen LogP contribution in [0.4, 0.5) is 0 Å². The molecule has 0 radical (unpaired) electrons. The SMILES string of the molecule is CC(C)c1ccc(-c2ccc(-c3cc(-c4ccccc4)nc(-c4cccc5c4Oc4ccccc4C54c5ccccc5-c5ccccc54)n3)cc2)c(C(C)C)n1. The molecule has 3 heterocycles. The van der Waals surface area contributed by atoms with Crippen molar-refractivity contribution in [1.82, 2.24) is 15.0 Å². The van der Waals surface area contributed by atoms with Crippen LogP contribution >= 0.6 is 0 Å². The number of ether oxygens (including phenoxy) is 1. The molecule has 0 atom stereocenters. The number of rotatable bonds is 6. The van der Waals surface area contributed by atoms with Gasteiger partial charge in [0.05, 0.1) is 28.1 Å². The van der Waals surface area contributed by atoms with Crippen LogP contribution in [-0.4, -0.2) is 15.0 Å². The zero-order chi connectivity index (χ0) is 38.0. The van der Waals surface area contributed by atoms with E-state index in [4.69, 9.17) is 19.7 Å². The lowest BCUT2D eigenvalue weighted by molar-refractivity contribution is 0.437. The van der Waals surface area contributed by atoms with Gasteiger partial charge in [0.2, 0.25) is 0 Å². The first-order chi connectivity index (χ1) is 27.4. The zero-order valence-corrected chi connectivity index (χ0v) is 32.0. The second-order valence-electron chi connectivity index (χ2n) is 15.5. The van der Waals surface area contributed by atoms with Crippen LogP contribution in [0.25, 0.3) is 56.2 Å². The van der Waals surface area contributed by atoms with Gasteiger partial charge in [-0.3, -0.25) is 4.98 Å². The van der Waals surface area contributed by atoms with E-state index in [1.807, 2.05) is 6.07 Å². The van der Waals surface area contributed by atoms with E-state index in [-0.39, 0.29) is 0 Å². The Morgan fingerprint density at radius 2 is 0.982 bits per heavy atom. The standard InChI is InChI=1S/C52H41N3O/c1-32(2)45-30-29-37(49(53-45)33(3)4)34-25-27-36(28-26-34)47-31-46(35-15-6-5-7-16-35)54-51(55-47)40-19-14-23-44-50(40)56-48-24-13-12-22-43(48)52(44)41-20-10-8-17-38(41)39-18-9-11-21-42(39)52/h5-33H,1-4H3. The summed E-state index contributed by atoms with van der Waals surface area (Å²) in [7, 11) is 0. The molecule has 2 aliphatic rings. The third-order valence-electron chi connectivity index (χ3n) is 11.5. The van der Waals surface area contributed by atoms with Crippen molar-refractivity contribution in [3.63, 3.8) is 0 Å². The van der Waals surface area contributed by atoms with Gasteiger partial charge >= 0.3 is 0 Å². The van der Waals surface area contributed by atoms with Crippen LogP contribution in [0, 0.1) is 0 Å². The summed E-state index contributed by atoms with van der Waals surface area (Å²) in [5, 5.41) is 0. The molecular weight excluding hydrogens is 683 g/mol. The first-order valence-electron chi connectivity index (χ1n) is 19.6. The van der Waals surface area contributed by atoms with Gasteiger partial charge in [0, 0.05) is 33.5 Å². The first-order valence-corrected chi connectivity index (χ1v) is 19.6. The van der Waals surface area contributed by atoms with E-state index in [2.05, 4.69) is 185 Å². The number of pyridine rings is 1. The molecule has 1 aliphatic carbocycles. The molecule has 0 bridgehead atoms. The van der Waals surface area contributed by atoms with Crippen molar-refractivity contribution < 1.29 is 4.74 Å². The summed E-state index contributed by atoms with van der Waals surface area (Å²) in [6.45, 7) is 8.83. The van der Waals surface area contributed by atoms with Crippen LogP contribution in [0.15, 0.2) is 164 Å². The van der Waals surface area contributed by atoms with Crippen LogP contribution in [0.1, 0.15) is 73.2 Å². The smallest absolute Gasteiger partial charge is 0.164 e. The Kier molecular flexibility index (Phi) is 8.04. The van der Waals surface area contributed by atoms with Gasteiger partial charge in [0.25, 0.3) is 0 Å². The molecule has 0 saturated carbocycles. The quantitative estimate of drug-likeness (QED) is 0.171. The lowest BCUT2D eigenvalue weighted by Crippen LogP contribution is -2.32. The van der Waals surface area contributed by atoms with Crippen LogP contribution in [0.5, 0.6) is 11.5 Å². The summed E-state index contributed by atoms with van der Waals surface area (Å²) in [5.74, 6) is 2.92. The highest BCUT2D eigenvalue weighted by atomic mass is 16.5. The Morgan fingerprint density at radius 3 is 1.64 bits per heavy atom. The summed E-state index contributed by atoms with van der Waals surface area (Å²) < 4.78 is 7.00. The fraction of sp³-hybridized carbons (Fsp3) is 0.135. The molecule has 4 heteroatoms. The van der Waals surface area contributed by atoms with E-state index in [0.717, 1.165) is 67.7 Å². The van der Waals surface area contributed by atoms with Crippen LogP contribution in [0.2, 0.25) is 0 Å². The van der Waals surface area contributed by atoms with Crippen molar-refractivity contribution in [2.75, 3.05) is 0 Å². The fourth-order valence-corrected chi connectivity index (χ4v) is 8.84. The molecule has 8 aromatic rings. The maximum atomic E-state index is 7.00. The third-order valence-corrected chi connectivity index (χ3v) is 11.5. The monoisotopic (exact) mass is 723 g/mol. The predicted octanol–water partition coefficient (Wildman–Crippen LogP) is 13.3. The molecule has 6 aromatic carbocycles. The van der Waals surface area contributed by atoms with Crippen molar-refractivity contribution in [2.24, 2.45) is 0 Å². The number of aromatic nitrogens is 3. The average molecular weight is 724 g/mol. The van der Waals surface area contributed by atoms with E-state index in [1.165, 1.54) is 27.8 Å². The molecule has 270 valence electrons. The maximum Gasteiger partial charge on any atom is 0.164 e. The Morgan fingerprint density at radius 1 is 0.429 bits per heavy atom. The van der Waals surface area contributed by atoms with Gasteiger partial charge in [-0.05, 0) is 63.9 Å². The highest BCUT2D eigenvalue weighted by Gasteiger charge is 2.51. The molecule has 4 nitrogen and oxygen atoms in total. The van der Waals surface area contributed by atoms with Gasteiger partial charge in [-0.15, -0.1) is 0 Å². The number of fused-ring (bicyclic) bond motifs is 9. The lowest BCUT2D eigenvalue weighted by Gasteiger charge is -2.39.